The standard InChI is InChI=1S/C16H19N/c1-11-4-5-12(2)15(8-11)10-14-6-7-16(17)13(3)9-14/h4-9H,10,17H2,1-3H3. The van der Waals surface area contributed by atoms with Gasteiger partial charge >= 0.3 is 0 Å². The van der Waals surface area contributed by atoms with E-state index in [1.54, 1.807) is 0 Å². The molecule has 2 N–H and O–H groups in total. The Morgan fingerprint density at radius 1 is 0.882 bits per heavy atom. The highest BCUT2D eigenvalue weighted by molar-refractivity contribution is 5.48. The predicted molar refractivity (Wildman–Crippen MR) is 74.3 cm³/mol. The summed E-state index contributed by atoms with van der Waals surface area (Å²) in [6, 6.07) is 12.9. The molecule has 0 amide bonds. The van der Waals surface area contributed by atoms with E-state index in [2.05, 4.69) is 51.1 Å². The Morgan fingerprint density at radius 3 is 2.35 bits per heavy atom. The number of rotatable bonds is 2. The predicted octanol–water partition coefficient (Wildman–Crippen LogP) is 3.78. The van der Waals surface area contributed by atoms with Crippen molar-refractivity contribution in [3.63, 3.8) is 0 Å². The summed E-state index contributed by atoms with van der Waals surface area (Å²) in [5.74, 6) is 0. The van der Waals surface area contributed by atoms with Gasteiger partial charge in [0, 0.05) is 5.69 Å². The zero-order valence-electron chi connectivity index (χ0n) is 10.7. The van der Waals surface area contributed by atoms with Gasteiger partial charge in [-0.3, -0.25) is 0 Å². The molecular weight excluding hydrogens is 206 g/mol. The highest BCUT2D eigenvalue weighted by Gasteiger charge is 2.02. The molecule has 0 bridgehead atoms. The minimum Gasteiger partial charge on any atom is -0.399 e. The topological polar surface area (TPSA) is 26.0 Å². The molecular formula is C16H19N. The molecule has 0 spiro atoms. The van der Waals surface area contributed by atoms with Crippen molar-refractivity contribution in [2.45, 2.75) is 27.2 Å². The molecule has 0 saturated heterocycles. The van der Waals surface area contributed by atoms with E-state index < -0.39 is 0 Å². The Hall–Kier alpha value is -1.76. The molecule has 2 rings (SSSR count). The van der Waals surface area contributed by atoms with Gasteiger partial charge in [-0.1, -0.05) is 35.9 Å². The van der Waals surface area contributed by atoms with Crippen molar-refractivity contribution in [2.75, 3.05) is 5.73 Å². The van der Waals surface area contributed by atoms with Crippen LogP contribution in [-0.2, 0) is 6.42 Å². The number of hydrogen-bond donors (Lipinski definition) is 1. The molecule has 0 aromatic heterocycles. The third kappa shape index (κ3) is 2.68. The van der Waals surface area contributed by atoms with Crippen LogP contribution in [0, 0.1) is 20.8 Å². The van der Waals surface area contributed by atoms with E-state index >= 15 is 0 Å². The van der Waals surface area contributed by atoms with Crippen molar-refractivity contribution in [1.82, 2.24) is 0 Å². The fourth-order valence-corrected chi connectivity index (χ4v) is 2.06. The second-order valence-corrected chi connectivity index (χ2v) is 4.80. The first kappa shape index (κ1) is 11.7. The van der Waals surface area contributed by atoms with Gasteiger partial charge in [0.05, 0.1) is 0 Å². The van der Waals surface area contributed by atoms with Crippen LogP contribution in [0.1, 0.15) is 27.8 Å². The maximum absolute atomic E-state index is 5.84. The molecule has 0 radical (unpaired) electrons. The molecule has 0 aliphatic carbocycles. The lowest BCUT2D eigenvalue weighted by atomic mass is 9.97. The first-order valence-electron chi connectivity index (χ1n) is 5.97. The molecule has 2 aromatic carbocycles. The first-order chi connectivity index (χ1) is 8.06. The van der Waals surface area contributed by atoms with E-state index in [1.807, 2.05) is 6.07 Å². The summed E-state index contributed by atoms with van der Waals surface area (Å²) in [4.78, 5) is 0. The first-order valence-corrected chi connectivity index (χ1v) is 5.97. The smallest absolute Gasteiger partial charge is 0.0343 e. The van der Waals surface area contributed by atoms with Crippen LogP contribution in [0.15, 0.2) is 36.4 Å². The van der Waals surface area contributed by atoms with E-state index in [0.717, 1.165) is 17.7 Å². The molecule has 0 aliphatic heterocycles. The Bertz CT molecular complexity index is 541. The normalized spacial score (nSPS) is 10.5. The molecule has 88 valence electrons. The van der Waals surface area contributed by atoms with Crippen LogP contribution in [-0.4, -0.2) is 0 Å². The summed E-state index contributed by atoms with van der Waals surface area (Å²) >= 11 is 0. The third-order valence-corrected chi connectivity index (χ3v) is 3.23. The SMILES string of the molecule is Cc1ccc(C)c(Cc2ccc(N)c(C)c2)c1. The van der Waals surface area contributed by atoms with Crippen LogP contribution in [0.5, 0.6) is 0 Å². The van der Waals surface area contributed by atoms with Gasteiger partial charge in [0.15, 0.2) is 0 Å². The van der Waals surface area contributed by atoms with Crippen LogP contribution in [0.3, 0.4) is 0 Å². The summed E-state index contributed by atoms with van der Waals surface area (Å²) in [5, 5.41) is 0. The van der Waals surface area contributed by atoms with Gasteiger partial charge < -0.3 is 5.73 Å². The highest BCUT2D eigenvalue weighted by Crippen LogP contribution is 2.19. The van der Waals surface area contributed by atoms with Crippen LogP contribution >= 0.6 is 0 Å². The highest BCUT2D eigenvalue weighted by atomic mass is 14.5. The van der Waals surface area contributed by atoms with Crippen molar-refractivity contribution in [3.8, 4) is 0 Å². The van der Waals surface area contributed by atoms with E-state index in [-0.39, 0.29) is 0 Å². The Balaban J connectivity index is 2.31. The third-order valence-electron chi connectivity index (χ3n) is 3.23. The lowest BCUT2D eigenvalue weighted by Crippen LogP contribution is -1.95. The Labute approximate surface area is 103 Å². The van der Waals surface area contributed by atoms with Crippen LogP contribution in [0.4, 0.5) is 5.69 Å². The molecule has 0 aliphatic rings. The quantitative estimate of drug-likeness (QED) is 0.773. The van der Waals surface area contributed by atoms with Gasteiger partial charge in [0.25, 0.3) is 0 Å². The summed E-state index contributed by atoms with van der Waals surface area (Å²) in [5.41, 5.74) is 13.3. The van der Waals surface area contributed by atoms with Gasteiger partial charge in [0.2, 0.25) is 0 Å². The van der Waals surface area contributed by atoms with Gasteiger partial charge in [-0.15, -0.1) is 0 Å². The molecule has 2 aromatic rings. The molecule has 0 atom stereocenters. The van der Waals surface area contributed by atoms with Crippen LogP contribution < -0.4 is 5.73 Å². The second kappa shape index (κ2) is 4.62. The van der Waals surface area contributed by atoms with Gasteiger partial charge in [-0.2, -0.15) is 0 Å². The van der Waals surface area contributed by atoms with Crippen molar-refractivity contribution in [1.29, 1.82) is 0 Å². The average Bonchev–Trinajstić information content (AvgIpc) is 2.29. The number of anilines is 1. The summed E-state index contributed by atoms with van der Waals surface area (Å²) < 4.78 is 0. The van der Waals surface area contributed by atoms with Crippen molar-refractivity contribution < 1.29 is 0 Å². The van der Waals surface area contributed by atoms with E-state index in [9.17, 15) is 0 Å². The maximum Gasteiger partial charge on any atom is 0.0343 e. The minimum absolute atomic E-state index is 0.870. The molecule has 0 saturated carbocycles. The lowest BCUT2D eigenvalue weighted by molar-refractivity contribution is 1.14. The molecule has 0 heterocycles. The monoisotopic (exact) mass is 225 g/mol. The largest absolute Gasteiger partial charge is 0.399 e. The Kier molecular flexibility index (Phi) is 3.19. The average molecular weight is 225 g/mol. The van der Waals surface area contributed by atoms with Gasteiger partial charge in [-0.25, -0.2) is 0 Å². The Morgan fingerprint density at radius 2 is 1.65 bits per heavy atom. The molecule has 0 fully saturated rings. The molecule has 1 nitrogen and oxygen atoms in total. The fourth-order valence-electron chi connectivity index (χ4n) is 2.06. The zero-order valence-corrected chi connectivity index (χ0v) is 10.7. The number of aryl methyl sites for hydroxylation is 3. The number of benzene rings is 2. The number of hydrogen-bond acceptors (Lipinski definition) is 1. The van der Waals surface area contributed by atoms with E-state index in [1.165, 1.54) is 22.3 Å². The minimum atomic E-state index is 0.870. The molecule has 1 heteroatoms. The van der Waals surface area contributed by atoms with Gasteiger partial charge in [0.1, 0.15) is 0 Å². The summed E-state index contributed by atoms with van der Waals surface area (Å²) in [7, 11) is 0. The summed E-state index contributed by atoms with van der Waals surface area (Å²) in [6.07, 6.45) is 0.981. The van der Waals surface area contributed by atoms with Crippen molar-refractivity contribution >= 4 is 5.69 Å². The molecule has 0 unspecified atom stereocenters. The number of nitrogen functional groups attached to an aromatic ring is 1. The zero-order chi connectivity index (χ0) is 12.4. The number of nitrogens with two attached hydrogens (primary N) is 1. The van der Waals surface area contributed by atoms with E-state index in [0.29, 0.717) is 0 Å². The van der Waals surface area contributed by atoms with Crippen molar-refractivity contribution in [3.05, 3.63) is 64.2 Å². The summed E-state index contributed by atoms with van der Waals surface area (Å²) in [6.45, 7) is 6.36. The van der Waals surface area contributed by atoms with E-state index in [4.69, 9.17) is 5.73 Å². The van der Waals surface area contributed by atoms with Crippen LogP contribution in [0.2, 0.25) is 0 Å². The lowest BCUT2D eigenvalue weighted by Gasteiger charge is -2.09. The van der Waals surface area contributed by atoms with Gasteiger partial charge in [-0.05, 0) is 55.5 Å². The fraction of sp³-hybridized carbons (Fsp3) is 0.250. The molecule has 17 heavy (non-hydrogen) atoms. The van der Waals surface area contributed by atoms with Crippen molar-refractivity contribution in [2.24, 2.45) is 0 Å². The van der Waals surface area contributed by atoms with Crippen LogP contribution in [0.25, 0.3) is 0 Å². The second-order valence-electron chi connectivity index (χ2n) is 4.80. The maximum atomic E-state index is 5.84.